The lowest BCUT2D eigenvalue weighted by atomic mass is 9.92. The van der Waals surface area contributed by atoms with Crippen LogP contribution in [0.15, 0.2) is 12.3 Å². The van der Waals surface area contributed by atoms with Crippen LogP contribution in [-0.2, 0) is 0 Å². The summed E-state index contributed by atoms with van der Waals surface area (Å²) in [5.74, 6) is 0.533. The number of nitrogen functional groups attached to an aromatic ring is 1. The van der Waals surface area contributed by atoms with Crippen molar-refractivity contribution >= 4 is 5.69 Å². The van der Waals surface area contributed by atoms with Gasteiger partial charge in [-0.1, -0.05) is 0 Å². The molecule has 2 N–H and O–H groups in total. The molecule has 0 aromatic carbocycles. The van der Waals surface area contributed by atoms with Crippen LogP contribution in [0.3, 0.4) is 0 Å². The van der Waals surface area contributed by atoms with E-state index in [-0.39, 0.29) is 0 Å². The highest BCUT2D eigenvalue weighted by atomic mass is 15.2. The van der Waals surface area contributed by atoms with Crippen molar-refractivity contribution in [3.05, 3.63) is 18.0 Å². The van der Waals surface area contributed by atoms with E-state index < -0.39 is 0 Å². The predicted octanol–water partition coefficient (Wildman–Crippen LogP) is 1.65. The maximum absolute atomic E-state index is 5.73. The molecule has 0 amide bonds. The molecule has 88 valence electrons. The van der Waals surface area contributed by atoms with Crippen LogP contribution in [0.2, 0.25) is 0 Å². The molecule has 0 atom stereocenters. The molecule has 0 saturated carbocycles. The Hall–Kier alpha value is -1.16. The van der Waals surface area contributed by atoms with E-state index in [1.807, 2.05) is 6.07 Å². The van der Waals surface area contributed by atoms with Gasteiger partial charge in [0.2, 0.25) is 0 Å². The van der Waals surface area contributed by atoms with Crippen molar-refractivity contribution < 1.29 is 0 Å². The third-order valence-electron chi connectivity index (χ3n) is 3.37. The van der Waals surface area contributed by atoms with Crippen LogP contribution in [0.1, 0.15) is 38.3 Å². The number of hydrogen-bond acceptors (Lipinski definition) is 4. The molecule has 1 aliphatic rings. The van der Waals surface area contributed by atoms with E-state index in [0.29, 0.717) is 12.0 Å². The Kier molecular flexibility index (Phi) is 3.39. The Morgan fingerprint density at radius 3 is 2.62 bits per heavy atom. The molecule has 2 rings (SSSR count). The lowest BCUT2D eigenvalue weighted by molar-refractivity contribution is 0.170. The number of aromatic nitrogens is 2. The van der Waals surface area contributed by atoms with E-state index in [9.17, 15) is 0 Å². The van der Waals surface area contributed by atoms with Gasteiger partial charge < -0.3 is 10.6 Å². The normalized spacial score (nSPS) is 19.2. The van der Waals surface area contributed by atoms with E-state index in [2.05, 4.69) is 28.9 Å². The molecular formula is C12H20N4. The van der Waals surface area contributed by atoms with Crippen molar-refractivity contribution in [3.8, 4) is 0 Å². The van der Waals surface area contributed by atoms with Gasteiger partial charge in [-0.05, 0) is 45.8 Å². The first-order valence-electron chi connectivity index (χ1n) is 5.99. The summed E-state index contributed by atoms with van der Waals surface area (Å²) in [4.78, 5) is 2.51. The molecule has 1 aromatic heterocycles. The van der Waals surface area contributed by atoms with Crippen LogP contribution in [0, 0.1) is 0 Å². The third-order valence-corrected chi connectivity index (χ3v) is 3.37. The molecule has 0 spiro atoms. The molecule has 0 bridgehead atoms. The van der Waals surface area contributed by atoms with Gasteiger partial charge in [0.15, 0.2) is 0 Å². The lowest BCUT2D eigenvalue weighted by Crippen LogP contribution is -2.38. The third kappa shape index (κ3) is 2.50. The summed E-state index contributed by atoms with van der Waals surface area (Å²) < 4.78 is 0. The minimum Gasteiger partial charge on any atom is -0.397 e. The number of nitrogens with zero attached hydrogens (tertiary/aromatic N) is 3. The Balaban J connectivity index is 1.99. The Bertz CT molecular complexity index is 343. The fourth-order valence-electron chi connectivity index (χ4n) is 2.31. The zero-order valence-electron chi connectivity index (χ0n) is 10.1. The van der Waals surface area contributed by atoms with Crippen LogP contribution in [-0.4, -0.2) is 34.2 Å². The van der Waals surface area contributed by atoms with Gasteiger partial charge in [-0.25, -0.2) is 0 Å². The van der Waals surface area contributed by atoms with Crippen LogP contribution < -0.4 is 5.73 Å². The second-order valence-corrected chi connectivity index (χ2v) is 4.82. The monoisotopic (exact) mass is 220 g/mol. The fourth-order valence-corrected chi connectivity index (χ4v) is 2.31. The van der Waals surface area contributed by atoms with Gasteiger partial charge in [0.05, 0.1) is 17.6 Å². The topological polar surface area (TPSA) is 55.0 Å². The smallest absolute Gasteiger partial charge is 0.0726 e. The SMILES string of the molecule is CC(C)N1CCC(c2cc(N)cnn2)CC1. The number of rotatable bonds is 2. The van der Waals surface area contributed by atoms with Crippen molar-refractivity contribution in [1.82, 2.24) is 15.1 Å². The number of anilines is 1. The van der Waals surface area contributed by atoms with Crippen molar-refractivity contribution in [1.29, 1.82) is 0 Å². The summed E-state index contributed by atoms with van der Waals surface area (Å²) in [5, 5.41) is 8.11. The molecule has 1 fully saturated rings. The first kappa shape index (κ1) is 11.3. The molecule has 2 heterocycles. The Morgan fingerprint density at radius 1 is 1.38 bits per heavy atom. The second-order valence-electron chi connectivity index (χ2n) is 4.82. The molecule has 4 heteroatoms. The molecule has 0 aliphatic carbocycles. The zero-order chi connectivity index (χ0) is 11.5. The highest BCUT2D eigenvalue weighted by molar-refractivity contribution is 5.35. The van der Waals surface area contributed by atoms with Gasteiger partial charge in [-0.2, -0.15) is 10.2 Å². The first-order valence-corrected chi connectivity index (χ1v) is 5.99. The fraction of sp³-hybridized carbons (Fsp3) is 0.667. The van der Waals surface area contributed by atoms with Gasteiger partial charge in [0, 0.05) is 12.0 Å². The number of piperidine rings is 1. The number of nitrogens with two attached hydrogens (primary N) is 1. The van der Waals surface area contributed by atoms with E-state index in [1.165, 1.54) is 0 Å². The van der Waals surface area contributed by atoms with Gasteiger partial charge in [-0.15, -0.1) is 0 Å². The van der Waals surface area contributed by atoms with Crippen molar-refractivity contribution in [3.63, 3.8) is 0 Å². The maximum Gasteiger partial charge on any atom is 0.0726 e. The quantitative estimate of drug-likeness (QED) is 0.823. The molecule has 1 saturated heterocycles. The van der Waals surface area contributed by atoms with Gasteiger partial charge in [0.25, 0.3) is 0 Å². The van der Waals surface area contributed by atoms with Crippen molar-refractivity contribution in [2.45, 2.75) is 38.6 Å². The van der Waals surface area contributed by atoms with Crippen molar-refractivity contribution in [2.24, 2.45) is 0 Å². The lowest BCUT2D eigenvalue weighted by Gasteiger charge is -2.34. The minimum atomic E-state index is 0.533. The zero-order valence-corrected chi connectivity index (χ0v) is 10.1. The average molecular weight is 220 g/mol. The molecule has 1 aliphatic heterocycles. The second kappa shape index (κ2) is 4.78. The molecule has 0 unspecified atom stereocenters. The van der Waals surface area contributed by atoms with E-state index in [4.69, 9.17) is 5.73 Å². The van der Waals surface area contributed by atoms with Gasteiger partial charge in [0.1, 0.15) is 0 Å². The Labute approximate surface area is 96.9 Å². The average Bonchev–Trinajstić information content (AvgIpc) is 2.29. The molecule has 0 radical (unpaired) electrons. The van der Waals surface area contributed by atoms with Gasteiger partial charge >= 0.3 is 0 Å². The van der Waals surface area contributed by atoms with E-state index >= 15 is 0 Å². The van der Waals surface area contributed by atoms with Crippen LogP contribution in [0.4, 0.5) is 5.69 Å². The maximum atomic E-state index is 5.73. The molecular weight excluding hydrogens is 200 g/mol. The largest absolute Gasteiger partial charge is 0.397 e. The molecule has 16 heavy (non-hydrogen) atoms. The van der Waals surface area contributed by atoms with E-state index in [0.717, 1.165) is 37.3 Å². The Morgan fingerprint density at radius 2 is 2.06 bits per heavy atom. The summed E-state index contributed by atoms with van der Waals surface area (Å²) >= 11 is 0. The van der Waals surface area contributed by atoms with E-state index in [1.54, 1.807) is 6.20 Å². The van der Waals surface area contributed by atoms with Crippen LogP contribution in [0.5, 0.6) is 0 Å². The van der Waals surface area contributed by atoms with Crippen molar-refractivity contribution in [2.75, 3.05) is 18.8 Å². The standard InChI is InChI=1S/C12H20N4/c1-9(2)16-5-3-10(4-6-16)12-7-11(13)8-14-15-12/h7-10H,3-6H2,1-2H3,(H2,13,15). The minimum absolute atomic E-state index is 0.533. The highest BCUT2D eigenvalue weighted by Crippen LogP contribution is 2.27. The van der Waals surface area contributed by atoms with Crippen LogP contribution in [0.25, 0.3) is 0 Å². The summed E-state index contributed by atoms with van der Waals surface area (Å²) in [6.45, 7) is 6.80. The highest BCUT2D eigenvalue weighted by Gasteiger charge is 2.23. The van der Waals surface area contributed by atoms with Gasteiger partial charge in [-0.3, -0.25) is 0 Å². The molecule has 1 aromatic rings. The summed E-state index contributed by atoms with van der Waals surface area (Å²) in [6, 6.07) is 2.61. The first-order chi connectivity index (χ1) is 7.66. The predicted molar refractivity (Wildman–Crippen MR) is 65.1 cm³/mol. The van der Waals surface area contributed by atoms with Crippen LogP contribution >= 0.6 is 0 Å². The summed E-state index contributed by atoms with van der Waals surface area (Å²) in [6.07, 6.45) is 3.93. The summed E-state index contributed by atoms with van der Waals surface area (Å²) in [7, 11) is 0. The summed E-state index contributed by atoms with van der Waals surface area (Å²) in [5.41, 5.74) is 7.51. The number of hydrogen-bond donors (Lipinski definition) is 1. The number of likely N-dealkylation sites (tertiary alicyclic amines) is 1. The molecule has 4 nitrogen and oxygen atoms in total.